The minimum Gasteiger partial charge on any atom is -0.317 e. The summed E-state index contributed by atoms with van der Waals surface area (Å²) in [6.07, 6.45) is 6.25. The molecule has 23 heavy (non-hydrogen) atoms. The zero-order valence-electron chi connectivity index (χ0n) is 12.8. The van der Waals surface area contributed by atoms with E-state index in [1.54, 1.807) is 11.1 Å². The van der Waals surface area contributed by atoms with Crippen molar-refractivity contribution in [2.75, 3.05) is 24.5 Å². The molecule has 0 bridgehead atoms. The summed E-state index contributed by atoms with van der Waals surface area (Å²) < 4.78 is 1.90. The number of nitrogens with one attached hydrogen (secondary N) is 2. The molecule has 7 nitrogen and oxygen atoms in total. The monoisotopic (exact) mass is 313 g/mol. The summed E-state index contributed by atoms with van der Waals surface area (Å²) >= 11 is 0. The first-order valence-electron chi connectivity index (χ1n) is 8.01. The van der Waals surface area contributed by atoms with Crippen LogP contribution in [-0.4, -0.2) is 41.0 Å². The van der Waals surface area contributed by atoms with Crippen molar-refractivity contribution in [1.82, 2.24) is 20.0 Å². The topological polar surface area (TPSA) is 78.7 Å². The van der Waals surface area contributed by atoms with Crippen LogP contribution in [-0.2, 0) is 4.79 Å². The highest BCUT2D eigenvalue weighted by Gasteiger charge is 2.26. The average Bonchev–Trinajstić information content (AvgIpc) is 2.99. The van der Waals surface area contributed by atoms with Crippen molar-refractivity contribution in [3.63, 3.8) is 0 Å². The number of imidazole rings is 1. The predicted molar refractivity (Wildman–Crippen MR) is 85.5 cm³/mol. The summed E-state index contributed by atoms with van der Waals surface area (Å²) in [5.74, 6) is 1.03. The lowest BCUT2D eigenvalue weighted by atomic mass is 9.91. The van der Waals surface area contributed by atoms with Crippen LogP contribution in [0.5, 0.6) is 0 Å². The molecule has 4 heterocycles. The molecule has 2 aromatic heterocycles. The molecule has 4 rings (SSSR count). The SMILES string of the molecule is O=C1CCN(c2cnc3cc(C4CCNCC4)ccn23)C(=O)N1. The maximum Gasteiger partial charge on any atom is 0.329 e. The van der Waals surface area contributed by atoms with E-state index < -0.39 is 0 Å². The Morgan fingerprint density at radius 1 is 1.22 bits per heavy atom. The molecular weight excluding hydrogens is 294 g/mol. The molecule has 2 fully saturated rings. The standard InChI is InChI=1S/C16H19N5O2/c22-14-4-8-21(16(23)19-14)15-10-18-13-9-12(3-7-20(13)15)11-1-5-17-6-2-11/h3,7,9-11,17H,1-2,4-6,8H2,(H,19,22,23). The highest BCUT2D eigenvalue weighted by Crippen LogP contribution is 2.27. The van der Waals surface area contributed by atoms with Gasteiger partial charge >= 0.3 is 6.03 Å². The molecule has 3 amide bonds. The first-order chi connectivity index (χ1) is 11.2. The predicted octanol–water partition coefficient (Wildman–Crippen LogP) is 1.25. The quantitative estimate of drug-likeness (QED) is 0.874. The van der Waals surface area contributed by atoms with Gasteiger partial charge in [-0.15, -0.1) is 0 Å². The van der Waals surface area contributed by atoms with Crippen molar-refractivity contribution in [3.8, 4) is 0 Å². The van der Waals surface area contributed by atoms with Gasteiger partial charge in [0.05, 0.1) is 6.20 Å². The molecule has 7 heteroatoms. The molecular formula is C16H19N5O2. The number of hydrogen-bond acceptors (Lipinski definition) is 4. The second-order valence-electron chi connectivity index (χ2n) is 6.08. The van der Waals surface area contributed by atoms with Crippen molar-refractivity contribution in [2.24, 2.45) is 0 Å². The summed E-state index contributed by atoms with van der Waals surface area (Å²) in [5.41, 5.74) is 2.13. The van der Waals surface area contributed by atoms with Crippen LogP contribution < -0.4 is 15.5 Å². The zero-order chi connectivity index (χ0) is 15.8. The second kappa shape index (κ2) is 5.66. The molecule has 2 saturated heterocycles. The van der Waals surface area contributed by atoms with Gasteiger partial charge in [-0.25, -0.2) is 9.78 Å². The smallest absolute Gasteiger partial charge is 0.317 e. The lowest BCUT2D eigenvalue weighted by molar-refractivity contribution is -0.120. The van der Waals surface area contributed by atoms with E-state index in [2.05, 4.69) is 27.8 Å². The summed E-state index contributed by atoms with van der Waals surface area (Å²) in [5, 5.41) is 5.72. The Labute approximate surface area is 133 Å². The molecule has 2 aromatic rings. The number of fused-ring (bicyclic) bond motifs is 1. The maximum absolute atomic E-state index is 12.0. The van der Waals surface area contributed by atoms with Crippen molar-refractivity contribution in [1.29, 1.82) is 0 Å². The van der Waals surface area contributed by atoms with Gasteiger partial charge < -0.3 is 5.32 Å². The number of nitrogens with zero attached hydrogens (tertiary/aromatic N) is 3. The van der Waals surface area contributed by atoms with Crippen molar-refractivity contribution in [2.45, 2.75) is 25.2 Å². The van der Waals surface area contributed by atoms with Crippen LogP contribution >= 0.6 is 0 Å². The maximum atomic E-state index is 12.0. The molecule has 0 saturated carbocycles. The van der Waals surface area contributed by atoms with Crippen LogP contribution in [0.4, 0.5) is 10.6 Å². The van der Waals surface area contributed by atoms with Gasteiger partial charge in [-0.2, -0.15) is 0 Å². The summed E-state index contributed by atoms with van der Waals surface area (Å²) in [7, 11) is 0. The minimum absolute atomic E-state index is 0.228. The zero-order valence-corrected chi connectivity index (χ0v) is 12.8. The van der Waals surface area contributed by atoms with Gasteiger partial charge in [-0.3, -0.25) is 19.4 Å². The Balaban J connectivity index is 1.65. The first kappa shape index (κ1) is 14.2. The van der Waals surface area contributed by atoms with Gasteiger partial charge in [-0.1, -0.05) is 0 Å². The Hall–Kier alpha value is -2.41. The highest BCUT2D eigenvalue weighted by molar-refractivity contribution is 6.05. The highest BCUT2D eigenvalue weighted by atomic mass is 16.2. The number of imide groups is 1. The van der Waals surface area contributed by atoms with Gasteiger partial charge in [-0.05, 0) is 49.5 Å². The molecule has 0 aromatic carbocycles. The molecule has 2 N–H and O–H groups in total. The van der Waals surface area contributed by atoms with Crippen LogP contribution in [0.1, 0.15) is 30.7 Å². The van der Waals surface area contributed by atoms with E-state index >= 15 is 0 Å². The lowest BCUT2D eigenvalue weighted by Gasteiger charge is -2.26. The molecule has 0 radical (unpaired) electrons. The largest absolute Gasteiger partial charge is 0.329 e. The van der Waals surface area contributed by atoms with E-state index in [1.807, 2.05) is 10.6 Å². The fourth-order valence-electron chi connectivity index (χ4n) is 3.37. The molecule has 2 aliphatic rings. The number of hydrogen-bond donors (Lipinski definition) is 2. The van der Waals surface area contributed by atoms with E-state index in [9.17, 15) is 9.59 Å². The number of aromatic nitrogens is 2. The van der Waals surface area contributed by atoms with E-state index in [4.69, 9.17) is 0 Å². The number of urea groups is 1. The third kappa shape index (κ3) is 2.57. The van der Waals surface area contributed by atoms with Gasteiger partial charge in [0.25, 0.3) is 0 Å². The van der Waals surface area contributed by atoms with Crippen molar-refractivity contribution >= 4 is 23.4 Å². The summed E-state index contributed by atoms with van der Waals surface area (Å²) in [6, 6.07) is 3.83. The molecule has 0 aliphatic carbocycles. The van der Waals surface area contributed by atoms with Crippen LogP contribution in [0.15, 0.2) is 24.5 Å². The Bertz CT molecular complexity index is 763. The number of amides is 3. The third-order valence-corrected chi connectivity index (χ3v) is 4.66. The molecule has 2 aliphatic heterocycles. The minimum atomic E-state index is -0.384. The van der Waals surface area contributed by atoms with Crippen LogP contribution in [0.2, 0.25) is 0 Å². The number of pyridine rings is 1. The normalized spacial score (nSPS) is 20.1. The second-order valence-corrected chi connectivity index (χ2v) is 6.08. The van der Waals surface area contributed by atoms with Crippen LogP contribution in [0.25, 0.3) is 5.65 Å². The Morgan fingerprint density at radius 3 is 2.83 bits per heavy atom. The van der Waals surface area contributed by atoms with Crippen LogP contribution in [0.3, 0.4) is 0 Å². The Kier molecular flexibility index (Phi) is 3.49. The molecule has 0 unspecified atom stereocenters. The van der Waals surface area contributed by atoms with Crippen molar-refractivity contribution in [3.05, 3.63) is 30.1 Å². The lowest BCUT2D eigenvalue weighted by Crippen LogP contribution is -2.50. The van der Waals surface area contributed by atoms with E-state index in [0.717, 1.165) is 31.6 Å². The number of carbonyl (C=O) groups excluding carboxylic acids is 2. The Morgan fingerprint density at radius 2 is 2.04 bits per heavy atom. The van der Waals surface area contributed by atoms with Crippen molar-refractivity contribution < 1.29 is 9.59 Å². The van der Waals surface area contributed by atoms with Gasteiger partial charge in [0.2, 0.25) is 5.91 Å². The fourth-order valence-corrected chi connectivity index (χ4v) is 3.37. The number of anilines is 1. The number of carbonyl (C=O) groups is 2. The van der Waals surface area contributed by atoms with Gasteiger partial charge in [0.1, 0.15) is 11.5 Å². The summed E-state index contributed by atoms with van der Waals surface area (Å²) in [4.78, 5) is 29.3. The van der Waals surface area contributed by atoms with Gasteiger partial charge in [0, 0.05) is 19.2 Å². The fraction of sp³-hybridized carbons (Fsp3) is 0.438. The molecule has 120 valence electrons. The van der Waals surface area contributed by atoms with E-state index in [-0.39, 0.29) is 11.9 Å². The van der Waals surface area contributed by atoms with E-state index in [0.29, 0.717) is 24.7 Å². The molecule has 0 spiro atoms. The average molecular weight is 313 g/mol. The van der Waals surface area contributed by atoms with E-state index in [1.165, 1.54) is 5.56 Å². The number of rotatable bonds is 2. The first-order valence-corrected chi connectivity index (χ1v) is 8.01. The van der Waals surface area contributed by atoms with Gasteiger partial charge in [0.15, 0.2) is 0 Å². The third-order valence-electron chi connectivity index (χ3n) is 4.66. The van der Waals surface area contributed by atoms with Crippen LogP contribution in [0, 0.1) is 0 Å². The number of piperidine rings is 1. The molecule has 0 atom stereocenters. The summed E-state index contributed by atoms with van der Waals surface area (Å²) in [6.45, 7) is 2.49.